The van der Waals surface area contributed by atoms with Gasteiger partial charge in [-0.2, -0.15) is 15.0 Å². The molecule has 0 aliphatic heterocycles. The van der Waals surface area contributed by atoms with Gasteiger partial charge < -0.3 is 10.6 Å². The molecule has 2 N–H and O–H groups in total. The van der Waals surface area contributed by atoms with Crippen LogP contribution in [-0.4, -0.2) is 27.5 Å². The first kappa shape index (κ1) is 14.3. The first-order chi connectivity index (χ1) is 10.2. The Kier molecular flexibility index (Phi) is 4.36. The van der Waals surface area contributed by atoms with Crippen molar-refractivity contribution in [2.75, 3.05) is 17.2 Å². The predicted octanol–water partition coefficient (Wildman–Crippen LogP) is 3.47. The summed E-state index contributed by atoms with van der Waals surface area (Å²) >= 11 is 0. The fraction of sp³-hybridized carbons (Fsp3) is 0.688. The second-order valence-corrected chi connectivity index (χ2v) is 6.40. The van der Waals surface area contributed by atoms with E-state index >= 15 is 0 Å². The van der Waals surface area contributed by atoms with Crippen molar-refractivity contribution in [3.63, 3.8) is 0 Å². The molecule has 0 bridgehead atoms. The minimum Gasteiger partial charge on any atom is -0.354 e. The highest BCUT2D eigenvalue weighted by atomic mass is 15.2. The van der Waals surface area contributed by atoms with Crippen molar-refractivity contribution in [2.24, 2.45) is 5.92 Å². The van der Waals surface area contributed by atoms with Crippen molar-refractivity contribution >= 4 is 17.5 Å². The fourth-order valence-corrected chi connectivity index (χ4v) is 2.52. The summed E-state index contributed by atoms with van der Waals surface area (Å²) in [6.45, 7) is 5.17. The minimum atomic E-state index is 0.317. The lowest BCUT2D eigenvalue weighted by Gasteiger charge is -2.15. The topological polar surface area (TPSA) is 62.7 Å². The maximum Gasteiger partial charge on any atom is 0.228 e. The van der Waals surface area contributed by atoms with Crippen molar-refractivity contribution in [2.45, 2.75) is 58.4 Å². The number of hydrogen-bond donors (Lipinski definition) is 2. The molecule has 2 aliphatic rings. The maximum absolute atomic E-state index is 4.62. The Morgan fingerprint density at radius 1 is 1.14 bits per heavy atom. The van der Waals surface area contributed by atoms with Crippen LogP contribution in [0, 0.1) is 5.92 Å². The van der Waals surface area contributed by atoms with Crippen LogP contribution in [0.25, 0.3) is 5.57 Å². The summed E-state index contributed by atoms with van der Waals surface area (Å²) in [5.41, 5.74) is 1.27. The lowest BCUT2D eigenvalue weighted by molar-refractivity contribution is 0.735. The molecule has 1 aromatic rings. The monoisotopic (exact) mass is 287 g/mol. The standard InChI is InChI=1S/C16H25N5/c1-11(2)18-16-20-14(13-6-4-3-5-7-13)19-15(21-16)17-10-12-8-9-12/h6,11-12H,3-5,7-10H2,1-2H3,(H2,17,18,19,20,21). The van der Waals surface area contributed by atoms with E-state index in [1.54, 1.807) is 0 Å². The first-order valence-corrected chi connectivity index (χ1v) is 8.16. The number of aromatic nitrogens is 3. The van der Waals surface area contributed by atoms with Crippen molar-refractivity contribution in [1.82, 2.24) is 15.0 Å². The Morgan fingerprint density at radius 3 is 2.62 bits per heavy atom. The summed E-state index contributed by atoms with van der Waals surface area (Å²) in [6.07, 6.45) is 9.66. The highest BCUT2D eigenvalue weighted by molar-refractivity contribution is 5.62. The molecule has 21 heavy (non-hydrogen) atoms. The highest BCUT2D eigenvalue weighted by Crippen LogP contribution is 2.29. The van der Waals surface area contributed by atoms with Crippen LogP contribution in [-0.2, 0) is 0 Å². The Morgan fingerprint density at radius 2 is 1.95 bits per heavy atom. The van der Waals surface area contributed by atoms with Gasteiger partial charge in [0.15, 0.2) is 5.82 Å². The number of hydrogen-bond acceptors (Lipinski definition) is 5. The first-order valence-electron chi connectivity index (χ1n) is 8.16. The molecule has 1 aromatic heterocycles. The second-order valence-electron chi connectivity index (χ2n) is 6.40. The van der Waals surface area contributed by atoms with Crippen LogP contribution in [0.3, 0.4) is 0 Å². The SMILES string of the molecule is CC(C)Nc1nc(NCC2CC2)nc(C2=CCCCC2)n1. The normalized spacial score (nSPS) is 18.5. The third-order valence-corrected chi connectivity index (χ3v) is 3.88. The van der Waals surface area contributed by atoms with Gasteiger partial charge in [-0.05, 0) is 63.9 Å². The molecule has 0 atom stereocenters. The van der Waals surface area contributed by atoms with Crippen molar-refractivity contribution < 1.29 is 0 Å². The number of nitrogens with one attached hydrogen (secondary N) is 2. The summed E-state index contributed by atoms with van der Waals surface area (Å²) in [5, 5.41) is 6.67. The van der Waals surface area contributed by atoms with Crippen LogP contribution in [0.5, 0.6) is 0 Å². The van der Waals surface area contributed by atoms with Crippen LogP contribution in [0.2, 0.25) is 0 Å². The van der Waals surface area contributed by atoms with Gasteiger partial charge in [-0.3, -0.25) is 0 Å². The van der Waals surface area contributed by atoms with Crippen LogP contribution >= 0.6 is 0 Å². The van der Waals surface area contributed by atoms with Gasteiger partial charge in [0.25, 0.3) is 0 Å². The molecule has 0 spiro atoms. The summed E-state index contributed by atoms with van der Waals surface area (Å²) in [4.78, 5) is 13.7. The summed E-state index contributed by atoms with van der Waals surface area (Å²) in [5.74, 6) is 3.04. The van der Waals surface area contributed by atoms with Gasteiger partial charge >= 0.3 is 0 Å². The predicted molar refractivity (Wildman–Crippen MR) is 86.2 cm³/mol. The second kappa shape index (κ2) is 6.41. The van der Waals surface area contributed by atoms with E-state index in [-0.39, 0.29) is 0 Å². The smallest absolute Gasteiger partial charge is 0.228 e. The molecule has 0 unspecified atom stereocenters. The third kappa shape index (κ3) is 4.16. The van der Waals surface area contributed by atoms with Crippen LogP contribution in [0.4, 0.5) is 11.9 Å². The summed E-state index contributed by atoms with van der Waals surface area (Å²) in [6, 6.07) is 0.317. The molecular formula is C16H25N5. The molecule has 1 fully saturated rings. The van der Waals surface area contributed by atoms with E-state index < -0.39 is 0 Å². The lowest BCUT2D eigenvalue weighted by atomic mass is 9.99. The van der Waals surface area contributed by atoms with Gasteiger partial charge in [0.05, 0.1) is 0 Å². The molecule has 5 nitrogen and oxygen atoms in total. The molecule has 114 valence electrons. The molecule has 0 radical (unpaired) electrons. The number of allylic oxidation sites excluding steroid dienone is 2. The Balaban J connectivity index is 1.81. The van der Waals surface area contributed by atoms with Crippen molar-refractivity contribution in [3.05, 3.63) is 11.9 Å². The maximum atomic E-state index is 4.62. The molecule has 5 heteroatoms. The van der Waals surface area contributed by atoms with E-state index in [9.17, 15) is 0 Å². The molecular weight excluding hydrogens is 262 g/mol. The minimum absolute atomic E-state index is 0.317. The van der Waals surface area contributed by atoms with E-state index in [1.165, 1.54) is 31.3 Å². The van der Waals surface area contributed by atoms with Gasteiger partial charge in [-0.15, -0.1) is 0 Å². The van der Waals surface area contributed by atoms with Gasteiger partial charge in [0.1, 0.15) is 0 Å². The molecule has 0 saturated heterocycles. The van der Waals surface area contributed by atoms with E-state index in [2.05, 4.69) is 45.5 Å². The zero-order chi connectivity index (χ0) is 14.7. The van der Waals surface area contributed by atoms with E-state index in [1.807, 2.05) is 0 Å². The number of rotatable bonds is 6. The summed E-state index contributed by atoms with van der Waals surface area (Å²) < 4.78 is 0. The van der Waals surface area contributed by atoms with Crippen molar-refractivity contribution in [3.8, 4) is 0 Å². The summed E-state index contributed by atoms with van der Waals surface area (Å²) in [7, 11) is 0. The largest absolute Gasteiger partial charge is 0.354 e. The van der Waals surface area contributed by atoms with E-state index in [0.717, 1.165) is 31.1 Å². The molecule has 2 aliphatic carbocycles. The van der Waals surface area contributed by atoms with Crippen LogP contribution in [0.15, 0.2) is 6.08 Å². The number of nitrogens with zero attached hydrogens (tertiary/aromatic N) is 3. The zero-order valence-corrected chi connectivity index (χ0v) is 13.0. The number of anilines is 2. The lowest BCUT2D eigenvalue weighted by Crippen LogP contribution is -2.16. The Labute approximate surface area is 126 Å². The average molecular weight is 287 g/mol. The molecule has 1 heterocycles. The van der Waals surface area contributed by atoms with Gasteiger partial charge in [0, 0.05) is 12.6 Å². The van der Waals surface area contributed by atoms with Crippen LogP contribution in [0.1, 0.15) is 58.2 Å². The Bertz CT molecular complexity index is 519. The van der Waals surface area contributed by atoms with E-state index in [0.29, 0.717) is 17.9 Å². The fourth-order valence-electron chi connectivity index (χ4n) is 2.52. The Hall–Kier alpha value is -1.65. The zero-order valence-electron chi connectivity index (χ0n) is 13.0. The third-order valence-electron chi connectivity index (χ3n) is 3.88. The van der Waals surface area contributed by atoms with E-state index in [4.69, 9.17) is 0 Å². The highest BCUT2D eigenvalue weighted by Gasteiger charge is 2.21. The molecule has 0 amide bonds. The average Bonchev–Trinajstić information content (AvgIpc) is 3.29. The molecule has 3 rings (SSSR count). The molecule has 1 saturated carbocycles. The quantitative estimate of drug-likeness (QED) is 0.839. The van der Waals surface area contributed by atoms with Gasteiger partial charge in [-0.1, -0.05) is 6.08 Å². The molecule has 0 aromatic carbocycles. The van der Waals surface area contributed by atoms with Gasteiger partial charge in [-0.25, -0.2) is 0 Å². The van der Waals surface area contributed by atoms with Gasteiger partial charge in [0.2, 0.25) is 11.9 Å². The van der Waals surface area contributed by atoms with Crippen LogP contribution < -0.4 is 10.6 Å². The van der Waals surface area contributed by atoms with Crippen molar-refractivity contribution in [1.29, 1.82) is 0 Å².